The Morgan fingerprint density at radius 1 is 1.19 bits per heavy atom. The van der Waals surface area contributed by atoms with Crippen LogP contribution in [0.1, 0.15) is 30.1 Å². The van der Waals surface area contributed by atoms with E-state index in [1.54, 1.807) is 0 Å². The smallest absolute Gasteiger partial charge is 0.251 e. The van der Waals surface area contributed by atoms with Crippen LogP contribution in [-0.2, 0) is 4.79 Å². The molecule has 5 nitrogen and oxygen atoms in total. The molecule has 1 heterocycles. The van der Waals surface area contributed by atoms with Crippen molar-refractivity contribution in [1.29, 1.82) is 0 Å². The lowest BCUT2D eigenvalue weighted by molar-refractivity contribution is -0.122. The Kier molecular flexibility index (Phi) is 5.75. The Balaban J connectivity index is 1.74. The standard InChI is InChI=1S/C16H23N3O2/c1-2-17-15(20)12-19-10-8-14(9-11-19)18-16(21)13-6-4-3-5-7-13/h3-7,14H,2,8-12H2,1H3,(H,17,20)(H,18,21). The number of likely N-dealkylation sites (N-methyl/N-ethyl adjacent to an activating group) is 1. The van der Waals surface area contributed by atoms with E-state index in [9.17, 15) is 9.59 Å². The zero-order valence-electron chi connectivity index (χ0n) is 12.5. The van der Waals surface area contributed by atoms with Crippen molar-refractivity contribution in [2.24, 2.45) is 0 Å². The number of hydrogen-bond acceptors (Lipinski definition) is 3. The van der Waals surface area contributed by atoms with Crippen LogP contribution in [0.2, 0.25) is 0 Å². The van der Waals surface area contributed by atoms with E-state index < -0.39 is 0 Å². The summed E-state index contributed by atoms with van der Waals surface area (Å²) in [6, 6.07) is 9.46. The van der Waals surface area contributed by atoms with E-state index >= 15 is 0 Å². The van der Waals surface area contributed by atoms with Crippen LogP contribution in [0.4, 0.5) is 0 Å². The summed E-state index contributed by atoms with van der Waals surface area (Å²) in [5.74, 6) is 0.0575. The first-order chi connectivity index (χ1) is 10.2. The number of piperidine rings is 1. The molecule has 2 amide bonds. The van der Waals surface area contributed by atoms with E-state index in [1.807, 2.05) is 37.3 Å². The Labute approximate surface area is 125 Å². The topological polar surface area (TPSA) is 61.4 Å². The van der Waals surface area contributed by atoms with Gasteiger partial charge in [0.25, 0.3) is 5.91 Å². The van der Waals surface area contributed by atoms with Gasteiger partial charge in [0.05, 0.1) is 6.54 Å². The molecule has 1 aromatic carbocycles. The Bertz CT molecular complexity index is 468. The largest absolute Gasteiger partial charge is 0.355 e. The van der Waals surface area contributed by atoms with Crippen LogP contribution in [0.15, 0.2) is 30.3 Å². The molecule has 0 bridgehead atoms. The summed E-state index contributed by atoms with van der Waals surface area (Å²) in [5, 5.41) is 5.88. The maximum Gasteiger partial charge on any atom is 0.251 e. The van der Waals surface area contributed by atoms with Crippen LogP contribution in [-0.4, -0.2) is 48.9 Å². The first-order valence-electron chi connectivity index (χ1n) is 7.54. The number of carbonyl (C=O) groups excluding carboxylic acids is 2. The van der Waals surface area contributed by atoms with Crippen molar-refractivity contribution >= 4 is 11.8 Å². The van der Waals surface area contributed by atoms with Crippen LogP contribution in [0, 0.1) is 0 Å². The lowest BCUT2D eigenvalue weighted by Gasteiger charge is -2.31. The molecule has 1 aromatic rings. The second-order valence-corrected chi connectivity index (χ2v) is 5.34. The molecule has 0 aromatic heterocycles. The van der Waals surface area contributed by atoms with Gasteiger partial charge >= 0.3 is 0 Å². The van der Waals surface area contributed by atoms with Gasteiger partial charge in [0.2, 0.25) is 5.91 Å². The number of carbonyl (C=O) groups is 2. The third-order valence-electron chi connectivity index (χ3n) is 3.70. The molecule has 5 heteroatoms. The number of amides is 2. The van der Waals surface area contributed by atoms with Gasteiger partial charge in [-0.2, -0.15) is 0 Å². The van der Waals surface area contributed by atoms with Gasteiger partial charge in [-0.05, 0) is 31.9 Å². The van der Waals surface area contributed by atoms with E-state index in [2.05, 4.69) is 15.5 Å². The maximum atomic E-state index is 12.1. The van der Waals surface area contributed by atoms with E-state index in [-0.39, 0.29) is 17.9 Å². The zero-order valence-corrected chi connectivity index (χ0v) is 12.5. The predicted octanol–water partition coefficient (Wildman–Crippen LogP) is 1.02. The minimum atomic E-state index is -0.0159. The van der Waals surface area contributed by atoms with Crippen LogP contribution < -0.4 is 10.6 Å². The number of hydrogen-bond donors (Lipinski definition) is 2. The third kappa shape index (κ3) is 4.86. The van der Waals surface area contributed by atoms with Gasteiger partial charge in [-0.15, -0.1) is 0 Å². The molecule has 1 aliphatic rings. The van der Waals surface area contributed by atoms with Crippen molar-refractivity contribution < 1.29 is 9.59 Å². The van der Waals surface area contributed by atoms with Gasteiger partial charge in [0.1, 0.15) is 0 Å². The van der Waals surface area contributed by atoms with E-state index in [4.69, 9.17) is 0 Å². The third-order valence-corrected chi connectivity index (χ3v) is 3.70. The van der Waals surface area contributed by atoms with Gasteiger partial charge in [-0.1, -0.05) is 18.2 Å². The first kappa shape index (κ1) is 15.5. The maximum absolute atomic E-state index is 12.1. The summed E-state index contributed by atoms with van der Waals surface area (Å²) in [6.45, 7) is 4.73. The molecule has 0 spiro atoms. The molecule has 2 rings (SSSR count). The van der Waals surface area contributed by atoms with Crippen molar-refractivity contribution in [3.8, 4) is 0 Å². The van der Waals surface area contributed by atoms with Crippen LogP contribution in [0.3, 0.4) is 0 Å². The van der Waals surface area contributed by atoms with Crippen molar-refractivity contribution in [1.82, 2.24) is 15.5 Å². The fourth-order valence-electron chi connectivity index (χ4n) is 2.55. The van der Waals surface area contributed by atoms with Crippen LogP contribution in [0.5, 0.6) is 0 Å². The summed E-state index contributed by atoms with van der Waals surface area (Å²) in [6.07, 6.45) is 1.77. The highest BCUT2D eigenvalue weighted by molar-refractivity contribution is 5.94. The van der Waals surface area contributed by atoms with Gasteiger partial charge in [0, 0.05) is 31.2 Å². The van der Waals surface area contributed by atoms with Crippen LogP contribution in [0.25, 0.3) is 0 Å². The minimum absolute atomic E-state index is 0.0159. The average molecular weight is 289 g/mol. The Morgan fingerprint density at radius 3 is 2.48 bits per heavy atom. The Morgan fingerprint density at radius 2 is 1.86 bits per heavy atom. The molecule has 0 aliphatic carbocycles. The van der Waals surface area contributed by atoms with E-state index in [0.717, 1.165) is 25.9 Å². The molecule has 21 heavy (non-hydrogen) atoms. The molecular formula is C16H23N3O2. The van der Waals surface area contributed by atoms with Crippen molar-refractivity contribution in [3.63, 3.8) is 0 Å². The lowest BCUT2D eigenvalue weighted by Crippen LogP contribution is -2.47. The highest BCUT2D eigenvalue weighted by atomic mass is 16.2. The second kappa shape index (κ2) is 7.78. The van der Waals surface area contributed by atoms with Crippen molar-refractivity contribution in [3.05, 3.63) is 35.9 Å². The highest BCUT2D eigenvalue weighted by Crippen LogP contribution is 2.11. The van der Waals surface area contributed by atoms with Gasteiger partial charge in [0.15, 0.2) is 0 Å². The first-order valence-corrected chi connectivity index (χ1v) is 7.54. The quantitative estimate of drug-likeness (QED) is 0.850. The summed E-state index contributed by atoms with van der Waals surface area (Å²) >= 11 is 0. The van der Waals surface area contributed by atoms with Gasteiger partial charge in [-0.25, -0.2) is 0 Å². The molecule has 114 valence electrons. The van der Waals surface area contributed by atoms with Crippen LogP contribution >= 0.6 is 0 Å². The van der Waals surface area contributed by atoms with Gasteiger partial charge < -0.3 is 10.6 Å². The monoisotopic (exact) mass is 289 g/mol. The number of nitrogens with zero attached hydrogens (tertiary/aromatic N) is 1. The summed E-state index contributed by atoms with van der Waals surface area (Å²) < 4.78 is 0. The molecule has 0 unspecified atom stereocenters. The number of nitrogens with one attached hydrogen (secondary N) is 2. The SMILES string of the molecule is CCNC(=O)CN1CCC(NC(=O)c2ccccc2)CC1. The Hall–Kier alpha value is -1.88. The van der Waals surface area contributed by atoms with E-state index in [0.29, 0.717) is 18.7 Å². The molecule has 0 atom stereocenters. The number of benzene rings is 1. The number of rotatable bonds is 5. The molecule has 0 saturated carbocycles. The highest BCUT2D eigenvalue weighted by Gasteiger charge is 2.22. The molecule has 0 radical (unpaired) electrons. The molecular weight excluding hydrogens is 266 g/mol. The minimum Gasteiger partial charge on any atom is -0.355 e. The summed E-state index contributed by atoms with van der Waals surface area (Å²) in [4.78, 5) is 25.7. The summed E-state index contributed by atoms with van der Waals surface area (Å²) in [5.41, 5.74) is 0.697. The fraction of sp³-hybridized carbons (Fsp3) is 0.500. The van der Waals surface area contributed by atoms with Gasteiger partial charge in [-0.3, -0.25) is 14.5 Å². The number of likely N-dealkylation sites (tertiary alicyclic amines) is 1. The van der Waals surface area contributed by atoms with E-state index in [1.165, 1.54) is 0 Å². The predicted molar refractivity (Wildman–Crippen MR) is 82.1 cm³/mol. The summed E-state index contributed by atoms with van der Waals surface area (Å²) in [7, 11) is 0. The molecule has 1 aliphatic heterocycles. The molecule has 2 N–H and O–H groups in total. The lowest BCUT2D eigenvalue weighted by atomic mass is 10.0. The fourth-order valence-corrected chi connectivity index (χ4v) is 2.55. The molecule has 1 saturated heterocycles. The molecule has 1 fully saturated rings. The van der Waals surface area contributed by atoms with Crippen molar-refractivity contribution in [2.75, 3.05) is 26.2 Å². The average Bonchev–Trinajstić information content (AvgIpc) is 2.50. The van der Waals surface area contributed by atoms with Crippen molar-refractivity contribution in [2.45, 2.75) is 25.8 Å². The zero-order chi connectivity index (χ0) is 15.1. The normalized spacial score (nSPS) is 16.4. The second-order valence-electron chi connectivity index (χ2n) is 5.34.